The van der Waals surface area contributed by atoms with Gasteiger partial charge in [0.25, 0.3) is 5.91 Å². The van der Waals surface area contributed by atoms with Gasteiger partial charge in [-0.05, 0) is 17.4 Å². The number of thiophene rings is 1. The van der Waals surface area contributed by atoms with Gasteiger partial charge in [0, 0.05) is 6.07 Å². The van der Waals surface area contributed by atoms with E-state index in [0.717, 1.165) is 4.88 Å². The molecule has 0 radical (unpaired) electrons. The zero-order valence-corrected chi connectivity index (χ0v) is 11.6. The second-order valence-corrected chi connectivity index (χ2v) is 5.51. The van der Waals surface area contributed by atoms with Crippen LogP contribution in [0, 0.1) is 5.92 Å². The minimum Gasteiger partial charge on any atom is -0.394 e. The van der Waals surface area contributed by atoms with Crippen molar-refractivity contribution in [3.05, 3.63) is 29.3 Å². The molecule has 0 aliphatic rings. The number of aliphatic hydroxyl groups is 1. The molecule has 0 spiro atoms. The molecular weight excluding hydrogens is 264 g/mol. The number of carbonyl (C=O) groups excluding carboxylic acids is 1. The van der Waals surface area contributed by atoms with E-state index in [1.807, 2.05) is 31.4 Å². The topological polar surface area (TPSA) is 75.4 Å². The minimum atomic E-state index is -0.334. The summed E-state index contributed by atoms with van der Waals surface area (Å²) in [5.41, 5.74) is 0.225. The quantitative estimate of drug-likeness (QED) is 0.880. The fourth-order valence-electron chi connectivity index (χ4n) is 1.58. The lowest BCUT2D eigenvalue weighted by Gasteiger charge is -2.18. The van der Waals surface area contributed by atoms with Crippen LogP contribution in [0.25, 0.3) is 10.6 Å². The van der Waals surface area contributed by atoms with Crippen molar-refractivity contribution in [3.8, 4) is 10.6 Å². The van der Waals surface area contributed by atoms with Crippen LogP contribution in [0.1, 0.15) is 24.3 Å². The molecule has 6 heteroatoms. The molecule has 2 heterocycles. The van der Waals surface area contributed by atoms with E-state index in [-0.39, 0.29) is 30.2 Å². The highest BCUT2D eigenvalue weighted by atomic mass is 32.1. The van der Waals surface area contributed by atoms with Gasteiger partial charge in [0.1, 0.15) is 0 Å². The van der Waals surface area contributed by atoms with E-state index in [9.17, 15) is 9.90 Å². The first-order chi connectivity index (χ1) is 9.11. The highest BCUT2D eigenvalue weighted by Crippen LogP contribution is 2.25. The predicted octanol–water partition coefficient (Wildman–Crippen LogP) is 2.15. The van der Waals surface area contributed by atoms with Crippen LogP contribution in [0.2, 0.25) is 0 Å². The van der Waals surface area contributed by atoms with Gasteiger partial charge in [-0.15, -0.1) is 11.3 Å². The smallest absolute Gasteiger partial charge is 0.273 e. The van der Waals surface area contributed by atoms with Gasteiger partial charge >= 0.3 is 0 Å². The molecule has 2 aromatic heterocycles. The highest BCUT2D eigenvalue weighted by molar-refractivity contribution is 7.13. The standard InChI is InChI=1S/C13H16N2O3S/c1-8(2)10(7-16)14-13(17)9-6-11(18-15-9)12-4-3-5-19-12/h3-6,8,10,16H,7H2,1-2H3,(H,14,17)/t10-/m1/s1. The van der Waals surface area contributed by atoms with Crippen LogP contribution in [-0.2, 0) is 0 Å². The molecule has 0 saturated heterocycles. The van der Waals surface area contributed by atoms with Crippen LogP contribution >= 0.6 is 11.3 Å². The number of rotatable bonds is 5. The molecule has 2 rings (SSSR count). The third-order valence-electron chi connectivity index (χ3n) is 2.82. The van der Waals surface area contributed by atoms with Gasteiger partial charge in [-0.1, -0.05) is 25.1 Å². The van der Waals surface area contributed by atoms with E-state index in [1.54, 1.807) is 6.07 Å². The number of amides is 1. The molecule has 0 unspecified atom stereocenters. The number of carbonyl (C=O) groups is 1. The van der Waals surface area contributed by atoms with Gasteiger partial charge in [-0.2, -0.15) is 0 Å². The zero-order valence-electron chi connectivity index (χ0n) is 10.8. The van der Waals surface area contributed by atoms with Crippen LogP contribution in [0.4, 0.5) is 0 Å². The van der Waals surface area contributed by atoms with E-state index >= 15 is 0 Å². The molecular formula is C13H16N2O3S. The van der Waals surface area contributed by atoms with Crippen molar-refractivity contribution in [1.29, 1.82) is 0 Å². The lowest BCUT2D eigenvalue weighted by molar-refractivity contribution is 0.0888. The number of aliphatic hydroxyl groups excluding tert-OH is 1. The van der Waals surface area contributed by atoms with Crippen molar-refractivity contribution in [2.24, 2.45) is 5.92 Å². The summed E-state index contributed by atoms with van der Waals surface area (Å²) >= 11 is 1.52. The molecule has 0 saturated carbocycles. The first kappa shape index (κ1) is 13.8. The highest BCUT2D eigenvalue weighted by Gasteiger charge is 2.19. The number of hydrogen-bond donors (Lipinski definition) is 2. The van der Waals surface area contributed by atoms with Crippen LogP contribution < -0.4 is 5.32 Å². The Labute approximate surface area is 115 Å². The molecule has 0 aliphatic carbocycles. The van der Waals surface area contributed by atoms with E-state index in [0.29, 0.717) is 5.76 Å². The van der Waals surface area contributed by atoms with Crippen LogP contribution in [-0.4, -0.2) is 28.8 Å². The number of hydrogen-bond acceptors (Lipinski definition) is 5. The van der Waals surface area contributed by atoms with Crippen molar-refractivity contribution < 1.29 is 14.4 Å². The summed E-state index contributed by atoms with van der Waals surface area (Å²) in [4.78, 5) is 12.9. The monoisotopic (exact) mass is 280 g/mol. The van der Waals surface area contributed by atoms with E-state index in [2.05, 4.69) is 10.5 Å². The number of nitrogens with zero attached hydrogens (tertiary/aromatic N) is 1. The molecule has 0 bridgehead atoms. The van der Waals surface area contributed by atoms with Gasteiger partial charge in [0.2, 0.25) is 0 Å². The third kappa shape index (κ3) is 3.21. The van der Waals surface area contributed by atoms with E-state index in [4.69, 9.17) is 4.52 Å². The maximum Gasteiger partial charge on any atom is 0.273 e. The molecule has 0 aliphatic heterocycles. The lowest BCUT2D eigenvalue weighted by Crippen LogP contribution is -2.41. The van der Waals surface area contributed by atoms with Crippen molar-refractivity contribution in [2.45, 2.75) is 19.9 Å². The van der Waals surface area contributed by atoms with E-state index < -0.39 is 0 Å². The summed E-state index contributed by atoms with van der Waals surface area (Å²) in [5.74, 6) is 0.391. The first-order valence-electron chi connectivity index (χ1n) is 6.04. The second-order valence-electron chi connectivity index (χ2n) is 4.56. The molecule has 5 nitrogen and oxygen atoms in total. The number of nitrogens with one attached hydrogen (secondary N) is 1. The van der Waals surface area contributed by atoms with Gasteiger partial charge in [0.05, 0.1) is 17.5 Å². The van der Waals surface area contributed by atoms with Crippen molar-refractivity contribution in [2.75, 3.05) is 6.61 Å². The molecule has 102 valence electrons. The predicted molar refractivity (Wildman–Crippen MR) is 73.0 cm³/mol. The average molecular weight is 280 g/mol. The Morgan fingerprint density at radius 2 is 2.37 bits per heavy atom. The average Bonchev–Trinajstić information content (AvgIpc) is 3.04. The number of aromatic nitrogens is 1. The summed E-state index contributed by atoms with van der Waals surface area (Å²) in [7, 11) is 0. The fourth-order valence-corrected chi connectivity index (χ4v) is 2.26. The molecule has 1 amide bonds. The zero-order chi connectivity index (χ0) is 13.8. The second kappa shape index (κ2) is 5.99. The minimum absolute atomic E-state index is 0.0982. The third-order valence-corrected chi connectivity index (χ3v) is 3.71. The van der Waals surface area contributed by atoms with E-state index in [1.165, 1.54) is 11.3 Å². The van der Waals surface area contributed by atoms with Gasteiger partial charge < -0.3 is 14.9 Å². The Hall–Kier alpha value is -1.66. The van der Waals surface area contributed by atoms with Gasteiger partial charge in [0.15, 0.2) is 11.5 Å². The van der Waals surface area contributed by atoms with Crippen molar-refractivity contribution in [1.82, 2.24) is 10.5 Å². The maximum absolute atomic E-state index is 12.0. The van der Waals surface area contributed by atoms with Crippen LogP contribution in [0.5, 0.6) is 0 Å². The maximum atomic E-state index is 12.0. The van der Waals surface area contributed by atoms with Crippen LogP contribution in [0.3, 0.4) is 0 Å². The molecule has 2 N–H and O–H groups in total. The Morgan fingerprint density at radius 3 is 2.95 bits per heavy atom. The summed E-state index contributed by atoms with van der Waals surface area (Å²) in [5, 5.41) is 17.6. The summed E-state index contributed by atoms with van der Waals surface area (Å²) in [6.07, 6.45) is 0. The van der Waals surface area contributed by atoms with Crippen molar-refractivity contribution >= 4 is 17.2 Å². The lowest BCUT2D eigenvalue weighted by atomic mass is 10.1. The van der Waals surface area contributed by atoms with Gasteiger partial charge in [-0.25, -0.2) is 0 Å². The Balaban J connectivity index is 2.08. The SMILES string of the molecule is CC(C)[C@@H](CO)NC(=O)c1cc(-c2cccs2)on1. The normalized spacial score (nSPS) is 12.6. The molecule has 2 aromatic rings. The summed E-state index contributed by atoms with van der Waals surface area (Å²) in [6, 6.07) is 5.13. The van der Waals surface area contributed by atoms with Crippen molar-refractivity contribution in [3.63, 3.8) is 0 Å². The Morgan fingerprint density at radius 1 is 1.58 bits per heavy atom. The van der Waals surface area contributed by atoms with Gasteiger partial charge in [-0.3, -0.25) is 4.79 Å². The summed E-state index contributed by atoms with van der Waals surface area (Å²) in [6.45, 7) is 3.77. The Bertz CT molecular complexity index is 534. The molecule has 0 aromatic carbocycles. The largest absolute Gasteiger partial charge is 0.394 e. The summed E-state index contributed by atoms with van der Waals surface area (Å²) < 4.78 is 5.14. The van der Waals surface area contributed by atoms with Crippen LogP contribution in [0.15, 0.2) is 28.1 Å². The first-order valence-corrected chi connectivity index (χ1v) is 6.92. The fraction of sp³-hybridized carbons (Fsp3) is 0.385. The molecule has 1 atom stereocenters. The molecule has 19 heavy (non-hydrogen) atoms. The Kier molecular flexibility index (Phi) is 4.34. The molecule has 0 fully saturated rings.